The maximum absolute atomic E-state index is 5.63. The molecule has 0 radical (unpaired) electrons. The monoisotopic (exact) mass is 190 g/mol. The van der Waals surface area contributed by atoms with Crippen LogP contribution in [0.15, 0.2) is 18.2 Å². The van der Waals surface area contributed by atoms with Crippen molar-refractivity contribution in [3.63, 3.8) is 0 Å². The molecule has 1 aliphatic rings. The van der Waals surface area contributed by atoms with Crippen molar-refractivity contribution in [1.29, 1.82) is 0 Å². The Bertz CT molecular complexity index is 336. The van der Waals surface area contributed by atoms with Gasteiger partial charge in [0.1, 0.15) is 5.75 Å². The highest BCUT2D eigenvalue weighted by molar-refractivity contribution is 6.67. The third-order valence-electron chi connectivity index (χ3n) is 2.42. The van der Waals surface area contributed by atoms with E-state index < -0.39 is 0 Å². The molecule has 0 fully saturated rings. The lowest BCUT2D eigenvalue weighted by Gasteiger charge is -2.10. The van der Waals surface area contributed by atoms with Crippen LogP contribution in [0.2, 0.25) is 6.82 Å². The molecule has 14 heavy (non-hydrogen) atoms. The Morgan fingerprint density at radius 1 is 1.43 bits per heavy atom. The van der Waals surface area contributed by atoms with Crippen LogP contribution in [0.25, 0.3) is 0 Å². The van der Waals surface area contributed by atoms with Crippen LogP contribution in [-0.4, -0.2) is 13.0 Å². The predicted octanol–water partition coefficient (Wildman–Crippen LogP) is 1.83. The highest BCUT2D eigenvalue weighted by Gasteiger charge is 2.23. The molecular weight excluding hydrogens is 175 g/mol. The molecule has 2 nitrogen and oxygen atoms in total. The average Bonchev–Trinajstić information content (AvgIpc) is 2.47. The largest absolute Gasteiger partial charge is 0.491 e. The molecule has 0 aliphatic carbocycles. The first-order valence-electron chi connectivity index (χ1n) is 5.08. The zero-order valence-electron chi connectivity index (χ0n) is 8.91. The van der Waals surface area contributed by atoms with Crippen LogP contribution in [0.1, 0.15) is 19.4 Å². The maximum atomic E-state index is 5.63. The number of benzene rings is 1. The second kappa shape index (κ2) is 3.66. The molecule has 0 atom stereocenters. The number of hydrogen-bond acceptors (Lipinski definition) is 2. The van der Waals surface area contributed by atoms with Crippen molar-refractivity contribution >= 4 is 12.4 Å². The van der Waals surface area contributed by atoms with E-state index in [1.54, 1.807) is 0 Å². The van der Waals surface area contributed by atoms with E-state index in [2.05, 4.69) is 19.0 Å². The second-order valence-electron chi connectivity index (χ2n) is 3.98. The fourth-order valence-electron chi connectivity index (χ4n) is 1.73. The van der Waals surface area contributed by atoms with Gasteiger partial charge in [0, 0.05) is 0 Å². The predicted molar refractivity (Wildman–Crippen MR) is 58.2 cm³/mol. The van der Waals surface area contributed by atoms with E-state index in [-0.39, 0.29) is 13.0 Å². The zero-order chi connectivity index (χ0) is 10.1. The van der Waals surface area contributed by atoms with Crippen LogP contribution in [0.5, 0.6) is 5.75 Å². The van der Waals surface area contributed by atoms with Crippen molar-refractivity contribution in [1.82, 2.24) is 0 Å². The Labute approximate surface area is 85.3 Å². The molecule has 0 N–H and O–H groups in total. The van der Waals surface area contributed by atoms with Crippen molar-refractivity contribution in [3.05, 3.63) is 23.8 Å². The summed E-state index contributed by atoms with van der Waals surface area (Å²) in [6.45, 7) is 7.09. The van der Waals surface area contributed by atoms with Gasteiger partial charge < -0.3 is 9.39 Å². The lowest BCUT2D eigenvalue weighted by atomic mass is 9.64. The molecule has 0 aromatic heterocycles. The quantitative estimate of drug-likeness (QED) is 0.662. The van der Waals surface area contributed by atoms with E-state index in [1.165, 1.54) is 11.0 Å². The van der Waals surface area contributed by atoms with Crippen LogP contribution >= 0.6 is 0 Å². The highest BCUT2D eigenvalue weighted by atomic mass is 16.5. The lowest BCUT2D eigenvalue weighted by Crippen LogP contribution is -2.24. The number of hydrogen-bond donors (Lipinski definition) is 0. The normalized spacial score (nSPS) is 14.7. The van der Waals surface area contributed by atoms with Gasteiger partial charge in [0.2, 0.25) is 0 Å². The minimum absolute atomic E-state index is 0.209. The molecule has 1 heterocycles. The summed E-state index contributed by atoms with van der Waals surface area (Å²) in [6.07, 6.45) is 0.227. The van der Waals surface area contributed by atoms with Crippen molar-refractivity contribution in [2.75, 3.05) is 0 Å². The molecule has 0 saturated heterocycles. The fraction of sp³-hybridized carbons (Fsp3) is 0.455. The highest BCUT2D eigenvalue weighted by Crippen LogP contribution is 2.17. The molecule has 0 amide bonds. The molecule has 3 heteroatoms. The van der Waals surface area contributed by atoms with Crippen molar-refractivity contribution in [3.8, 4) is 5.75 Å². The van der Waals surface area contributed by atoms with Gasteiger partial charge in [-0.3, -0.25) is 0 Å². The number of ether oxygens (including phenoxy) is 1. The Morgan fingerprint density at radius 3 is 2.93 bits per heavy atom. The summed E-state index contributed by atoms with van der Waals surface area (Å²) in [6, 6.07) is 6.20. The van der Waals surface area contributed by atoms with Crippen molar-refractivity contribution in [2.45, 2.75) is 33.4 Å². The Balaban J connectivity index is 2.26. The second-order valence-corrected chi connectivity index (χ2v) is 3.98. The zero-order valence-corrected chi connectivity index (χ0v) is 8.91. The summed E-state index contributed by atoms with van der Waals surface area (Å²) >= 11 is 0. The summed E-state index contributed by atoms with van der Waals surface area (Å²) in [7, 11) is 0. The molecule has 1 aromatic carbocycles. The topological polar surface area (TPSA) is 18.5 Å². The van der Waals surface area contributed by atoms with E-state index in [1.807, 2.05) is 19.9 Å². The van der Waals surface area contributed by atoms with E-state index >= 15 is 0 Å². The van der Waals surface area contributed by atoms with Gasteiger partial charge in [0.25, 0.3) is 0 Å². The van der Waals surface area contributed by atoms with E-state index in [0.29, 0.717) is 0 Å². The van der Waals surface area contributed by atoms with Gasteiger partial charge in [0.05, 0.1) is 12.7 Å². The minimum atomic E-state index is 0.209. The molecule has 1 aromatic rings. The first kappa shape index (κ1) is 9.59. The smallest absolute Gasteiger partial charge is 0.324 e. The third kappa shape index (κ3) is 1.78. The third-order valence-corrected chi connectivity index (χ3v) is 2.42. The first-order valence-corrected chi connectivity index (χ1v) is 5.08. The molecule has 0 bridgehead atoms. The summed E-state index contributed by atoms with van der Waals surface area (Å²) in [5.74, 6) is 0.941. The Morgan fingerprint density at radius 2 is 2.21 bits per heavy atom. The van der Waals surface area contributed by atoms with E-state index in [0.717, 1.165) is 12.4 Å². The molecule has 2 rings (SSSR count). The van der Waals surface area contributed by atoms with Gasteiger partial charge in [-0.25, -0.2) is 0 Å². The molecule has 0 unspecified atom stereocenters. The SMILES string of the molecule is CB1OCc2ccc(OC(C)C)cc21. The summed E-state index contributed by atoms with van der Waals surface area (Å²) in [5.41, 5.74) is 2.55. The molecule has 0 saturated carbocycles. The van der Waals surface area contributed by atoms with Crippen molar-refractivity contribution < 1.29 is 9.39 Å². The average molecular weight is 190 g/mol. The number of rotatable bonds is 2. The van der Waals surface area contributed by atoms with Gasteiger partial charge >= 0.3 is 6.92 Å². The number of fused-ring (bicyclic) bond motifs is 1. The fourth-order valence-corrected chi connectivity index (χ4v) is 1.73. The van der Waals surface area contributed by atoms with Gasteiger partial charge in [-0.2, -0.15) is 0 Å². The van der Waals surface area contributed by atoms with Gasteiger partial charge in [-0.1, -0.05) is 12.9 Å². The Kier molecular flexibility index (Phi) is 2.51. The van der Waals surface area contributed by atoms with E-state index in [9.17, 15) is 0 Å². The van der Waals surface area contributed by atoms with Gasteiger partial charge in [0.15, 0.2) is 0 Å². The molecule has 74 valence electrons. The van der Waals surface area contributed by atoms with Crippen LogP contribution in [-0.2, 0) is 11.3 Å². The summed E-state index contributed by atoms with van der Waals surface area (Å²) < 4.78 is 11.2. The first-order chi connectivity index (χ1) is 6.66. The molecule has 1 aliphatic heterocycles. The molecule has 0 spiro atoms. The Hall–Kier alpha value is -0.955. The summed E-state index contributed by atoms with van der Waals surface area (Å²) in [4.78, 5) is 0. The maximum Gasteiger partial charge on any atom is 0.324 e. The molecular formula is C11H15BO2. The van der Waals surface area contributed by atoms with Gasteiger partial charge in [-0.15, -0.1) is 0 Å². The minimum Gasteiger partial charge on any atom is -0.491 e. The lowest BCUT2D eigenvalue weighted by molar-refractivity contribution is 0.242. The van der Waals surface area contributed by atoms with Crippen LogP contribution in [0, 0.1) is 0 Å². The van der Waals surface area contributed by atoms with Crippen LogP contribution < -0.4 is 10.2 Å². The van der Waals surface area contributed by atoms with Crippen LogP contribution in [0.3, 0.4) is 0 Å². The summed E-state index contributed by atoms with van der Waals surface area (Å²) in [5, 5.41) is 0. The standard InChI is InChI=1S/C11H15BO2/c1-8(2)14-10-5-4-9-7-13-12(3)11(9)6-10/h4-6,8H,7H2,1-3H3. The van der Waals surface area contributed by atoms with Crippen molar-refractivity contribution in [2.24, 2.45) is 0 Å². The van der Waals surface area contributed by atoms with Gasteiger partial charge in [-0.05, 0) is 37.0 Å². The van der Waals surface area contributed by atoms with E-state index in [4.69, 9.17) is 9.39 Å². The van der Waals surface area contributed by atoms with Crippen LogP contribution in [0.4, 0.5) is 0 Å².